The Morgan fingerprint density at radius 1 is 1.17 bits per heavy atom. The van der Waals surface area contributed by atoms with Gasteiger partial charge in [-0.05, 0) is 44.1 Å². The highest BCUT2D eigenvalue weighted by Crippen LogP contribution is 2.25. The summed E-state index contributed by atoms with van der Waals surface area (Å²) in [6.07, 6.45) is 12.4. The van der Waals surface area contributed by atoms with Gasteiger partial charge in [0.2, 0.25) is 0 Å². The first kappa shape index (κ1) is 18.7. The van der Waals surface area contributed by atoms with Crippen LogP contribution in [0, 0.1) is 11.8 Å². The maximum Gasteiger partial charge on any atom is 0.304 e. The summed E-state index contributed by atoms with van der Waals surface area (Å²) < 4.78 is 0. The van der Waals surface area contributed by atoms with Gasteiger partial charge in [0, 0.05) is 25.7 Å². The van der Waals surface area contributed by atoms with Crippen LogP contribution in [0.3, 0.4) is 0 Å². The Morgan fingerprint density at radius 2 is 1.96 bits per heavy atom. The predicted molar refractivity (Wildman–Crippen MR) is 94.7 cm³/mol. The van der Waals surface area contributed by atoms with Gasteiger partial charge in [-0.15, -0.1) is 0 Å². The third-order valence-corrected chi connectivity index (χ3v) is 5.64. The Morgan fingerprint density at radius 3 is 2.65 bits per heavy atom. The van der Waals surface area contributed by atoms with E-state index in [9.17, 15) is 4.79 Å². The zero-order valence-electron chi connectivity index (χ0n) is 14.9. The second-order valence-corrected chi connectivity index (χ2v) is 7.76. The summed E-state index contributed by atoms with van der Waals surface area (Å²) in [5.74, 6) is 0.931. The molecule has 0 aromatic heterocycles. The highest BCUT2D eigenvalue weighted by atomic mass is 16.4. The summed E-state index contributed by atoms with van der Waals surface area (Å²) in [4.78, 5) is 13.3. The second kappa shape index (κ2) is 10.3. The SMILES string of the molecule is CCCCC1CC(NCC2CCCCC2)CN(CCC(=O)O)C1. The summed E-state index contributed by atoms with van der Waals surface area (Å²) in [5, 5.41) is 12.8. The number of carboxylic acids is 1. The molecule has 134 valence electrons. The third kappa shape index (κ3) is 7.21. The lowest BCUT2D eigenvalue weighted by Gasteiger charge is -2.39. The lowest BCUT2D eigenvalue weighted by atomic mass is 9.87. The van der Waals surface area contributed by atoms with Crippen LogP contribution in [0.1, 0.15) is 71.1 Å². The lowest BCUT2D eigenvalue weighted by Crippen LogP contribution is -2.50. The zero-order valence-corrected chi connectivity index (χ0v) is 14.9. The highest BCUT2D eigenvalue weighted by molar-refractivity contribution is 5.66. The normalized spacial score (nSPS) is 27.2. The van der Waals surface area contributed by atoms with E-state index in [1.165, 1.54) is 57.8 Å². The first-order valence-electron chi connectivity index (χ1n) is 9.85. The molecule has 2 atom stereocenters. The van der Waals surface area contributed by atoms with E-state index >= 15 is 0 Å². The first-order valence-corrected chi connectivity index (χ1v) is 9.85. The zero-order chi connectivity index (χ0) is 16.5. The van der Waals surface area contributed by atoms with E-state index in [0.29, 0.717) is 12.6 Å². The quantitative estimate of drug-likeness (QED) is 0.681. The van der Waals surface area contributed by atoms with Crippen molar-refractivity contribution < 1.29 is 9.90 Å². The fourth-order valence-electron chi connectivity index (χ4n) is 4.31. The van der Waals surface area contributed by atoms with Gasteiger partial charge in [0.1, 0.15) is 0 Å². The lowest BCUT2D eigenvalue weighted by molar-refractivity contribution is -0.137. The van der Waals surface area contributed by atoms with Gasteiger partial charge in [0.05, 0.1) is 6.42 Å². The monoisotopic (exact) mass is 324 g/mol. The minimum Gasteiger partial charge on any atom is -0.481 e. The summed E-state index contributed by atoms with van der Waals surface area (Å²) >= 11 is 0. The molecule has 1 saturated carbocycles. The van der Waals surface area contributed by atoms with E-state index in [4.69, 9.17) is 5.11 Å². The Labute approximate surface area is 142 Å². The Bertz CT molecular complexity index is 342. The molecule has 2 fully saturated rings. The van der Waals surface area contributed by atoms with E-state index in [0.717, 1.165) is 31.5 Å². The van der Waals surface area contributed by atoms with Crippen molar-refractivity contribution >= 4 is 5.97 Å². The molecule has 2 unspecified atom stereocenters. The van der Waals surface area contributed by atoms with E-state index in [1.54, 1.807) is 0 Å². The van der Waals surface area contributed by atoms with Gasteiger partial charge in [-0.3, -0.25) is 4.79 Å². The molecule has 1 heterocycles. The van der Waals surface area contributed by atoms with Crippen LogP contribution < -0.4 is 5.32 Å². The number of piperidine rings is 1. The molecule has 1 saturated heterocycles. The fraction of sp³-hybridized carbons (Fsp3) is 0.947. The standard InChI is InChI=1S/C19H36N2O2/c1-2-3-7-17-12-18(15-21(14-17)11-10-19(22)23)20-13-16-8-5-4-6-9-16/h16-18,20H,2-15H2,1H3,(H,22,23). The molecule has 0 radical (unpaired) electrons. The molecule has 4 nitrogen and oxygen atoms in total. The molecule has 23 heavy (non-hydrogen) atoms. The number of nitrogens with zero attached hydrogens (tertiary/aromatic N) is 1. The minimum absolute atomic E-state index is 0.274. The van der Waals surface area contributed by atoms with E-state index in [2.05, 4.69) is 17.1 Å². The molecule has 2 N–H and O–H groups in total. The number of hydrogen-bond acceptors (Lipinski definition) is 3. The van der Waals surface area contributed by atoms with Crippen LogP contribution in [-0.2, 0) is 4.79 Å². The van der Waals surface area contributed by atoms with Crippen molar-refractivity contribution in [1.29, 1.82) is 0 Å². The average molecular weight is 325 g/mol. The summed E-state index contributed by atoms with van der Waals surface area (Å²) in [5.41, 5.74) is 0. The number of rotatable bonds is 9. The van der Waals surface area contributed by atoms with Gasteiger partial charge in [-0.1, -0.05) is 39.0 Å². The predicted octanol–water partition coefficient (Wildman–Crippen LogP) is 3.51. The van der Waals surface area contributed by atoms with Gasteiger partial charge in [-0.2, -0.15) is 0 Å². The number of aliphatic carboxylic acids is 1. The maximum absolute atomic E-state index is 10.9. The molecule has 4 heteroatoms. The van der Waals surface area contributed by atoms with Crippen molar-refractivity contribution in [3.63, 3.8) is 0 Å². The fourth-order valence-corrected chi connectivity index (χ4v) is 4.31. The average Bonchev–Trinajstić information content (AvgIpc) is 2.57. The minimum atomic E-state index is -0.674. The van der Waals surface area contributed by atoms with Crippen molar-refractivity contribution in [2.75, 3.05) is 26.2 Å². The van der Waals surface area contributed by atoms with Gasteiger partial charge in [0.25, 0.3) is 0 Å². The summed E-state index contributed by atoms with van der Waals surface area (Å²) in [6.45, 7) is 6.25. The molecule has 1 aliphatic carbocycles. The van der Waals surface area contributed by atoms with Crippen LogP contribution in [0.2, 0.25) is 0 Å². The molecule has 0 bridgehead atoms. The van der Waals surface area contributed by atoms with Gasteiger partial charge in [-0.25, -0.2) is 0 Å². The van der Waals surface area contributed by atoms with E-state index < -0.39 is 5.97 Å². The smallest absolute Gasteiger partial charge is 0.304 e. The van der Waals surface area contributed by atoms with Crippen molar-refractivity contribution in [3.8, 4) is 0 Å². The van der Waals surface area contributed by atoms with Gasteiger partial charge < -0.3 is 15.3 Å². The number of unbranched alkanes of at least 4 members (excludes halogenated alkanes) is 1. The first-order chi connectivity index (χ1) is 11.2. The van der Waals surface area contributed by atoms with Crippen LogP contribution in [0.15, 0.2) is 0 Å². The number of hydrogen-bond donors (Lipinski definition) is 2. The number of carboxylic acid groups (broad SMARTS) is 1. The third-order valence-electron chi connectivity index (χ3n) is 5.64. The Balaban J connectivity index is 1.78. The molecule has 0 aromatic rings. The van der Waals surface area contributed by atoms with E-state index in [1.807, 2.05) is 0 Å². The summed E-state index contributed by atoms with van der Waals surface area (Å²) in [6, 6.07) is 0.557. The molecular weight excluding hydrogens is 288 g/mol. The molecular formula is C19H36N2O2. The van der Waals surface area contributed by atoms with Crippen molar-refractivity contribution in [3.05, 3.63) is 0 Å². The highest BCUT2D eigenvalue weighted by Gasteiger charge is 2.27. The van der Waals surface area contributed by atoms with Crippen molar-refractivity contribution in [2.45, 2.75) is 77.2 Å². The molecule has 2 rings (SSSR count). The summed E-state index contributed by atoms with van der Waals surface area (Å²) in [7, 11) is 0. The van der Waals surface area contributed by atoms with Crippen LogP contribution >= 0.6 is 0 Å². The van der Waals surface area contributed by atoms with Gasteiger partial charge >= 0.3 is 5.97 Å². The van der Waals surface area contributed by atoms with E-state index in [-0.39, 0.29) is 6.42 Å². The number of nitrogens with one attached hydrogen (secondary N) is 1. The number of carbonyl (C=O) groups is 1. The maximum atomic E-state index is 10.9. The van der Waals surface area contributed by atoms with Crippen molar-refractivity contribution in [2.24, 2.45) is 11.8 Å². The van der Waals surface area contributed by atoms with Crippen LogP contribution in [0.5, 0.6) is 0 Å². The Hall–Kier alpha value is -0.610. The molecule has 0 aromatic carbocycles. The number of likely N-dealkylation sites (tertiary alicyclic amines) is 1. The largest absolute Gasteiger partial charge is 0.481 e. The van der Waals surface area contributed by atoms with Crippen molar-refractivity contribution in [1.82, 2.24) is 10.2 Å². The molecule has 1 aliphatic heterocycles. The van der Waals surface area contributed by atoms with Crippen LogP contribution in [0.4, 0.5) is 0 Å². The molecule has 2 aliphatic rings. The van der Waals surface area contributed by atoms with Gasteiger partial charge in [0.15, 0.2) is 0 Å². The van der Waals surface area contributed by atoms with Crippen LogP contribution in [-0.4, -0.2) is 48.2 Å². The topological polar surface area (TPSA) is 52.6 Å². The Kier molecular flexibility index (Phi) is 8.38. The van der Waals surface area contributed by atoms with Crippen LogP contribution in [0.25, 0.3) is 0 Å². The second-order valence-electron chi connectivity index (χ2n) is 7.76. The molecule has 0 amide bonds. The molecule has 0 spiro atoms.